The van der Waals surface area contributed by atoms with Crippen molar-refractivity contribution in [2.24, 2.45) is 0 Å². The number of carbonyl (C=O) groups excluding carboxylic acids is 1. The number of nitrogens with zero attached hydrogens (tertiary/aromatic N) is 2. The number of nitrogens with one attached hydrogen (secondary N) is 1. The molecule has 3 heterocycles. The smallest absolute Gasteiger partial charge is 0.195 e. The van der Waals surface area contributed by atoms with Gasteiger partial charge in [0.25, 0.3) is 0 Å². The number of fused-ring (bicyclic) bond motifs is 3. The molecule has 0 bridgehead atoms. The van der Waals surface area contributed by atoms with Gasteiger partial charge in [-0.15, -0.1) is 0 Å². The Morgan fingerprint density at radius 3 is 2.93 bits per heavy atom. The Kier molecular flexibility index (Phi) is 3.82. The van der Waals surface area contributed by atoms with Crippen molar-refractivity contribution in [2.45, 2.75) is 18.6 Å². The van der Waals surface area contributed by atoms with Crippen molar-refractivity contribution in [1.29, 1.82) is 0 Å². The van der Waals surface area contributed by atoms with Crippen molar-refractivity contribution < 1.29 is 14.3 Å². The summed E-state index contributed by atoms with van der Waals surface area (Å²) in [6.45, 7) is 0.532. The fraction of sp³-hybridized carbons (Fsp3) is 0.200. The van der Waals surface area contributed by atoms with Gasteiger partial charge < -0.3 is 10.4 Å². The Morgan fingerprint density at radius 1 is 1.30 bits per heavy atom. The van der Waals surface area contributed by atoms with Crippen LogP contribution in [0.2, 0.25) is 0 Å². The number of hydrogen-bond acceptors (Lipinski definition) is 5. The summed E-state index contributed by atoms with van der Waals surface area (Å²) in [7, 11) is 0. The van der Waals surface area contributed by atoms with Crippen LogP contribution in [0.15, 0.2) is 42.6 Å². The molecule has 136 valence electrons. The van der Waals surface area contributed by atoms with E-state index < -0.39 is 0 Å². The van der Waals surface area contributed by atoms with Crippen molar-refractivity contribution in [3.63, 3.8) is 0 Å². The summed E-state index contributed by atoms with van der Waals surface area (Å²) >= 11 is 1.47. The number of aliphatic hydroxyl groups is 1. The van der Waals surface area contributed by atoms with Crippen LogP contribution in [0.4, 0.5) is 4.39 Å². The third-order valence-electron chi connectivity index (χ3n) is 5.03. The fourth-order valence-electron chi connectivity index (χ4n) is 3.65. The van der Waals surface area contributed by atoms with Gasteiger partial charge in [-0.05, 0) is 42.3 Å². The zero-order chi connectivity index (χ0) is 18.5. The van der Waals surface area contributed by atoms with Crippen LogP contribution in [0.25, 0.3) is 26.4 Å². The second-order valence-corrected chi connectivity index (χ2v) is 7.82. The monoisotopic (exact) mass is 381 g/mol. The van der Waals surface area contributed by atoms with Gasteiger partial charge >= 0.3 is 0 Å². The van der Waals surface area contributed by atoms with Crippen LogP contribution in [0.3, 0.4) is 0 Å². The summed E-state index contributed by atoms with van der Waals surface area (Å²) in [6.07, 6.45) is 2.85. The molecule has 2 N–H and O–H groups in total. The first kappa shape index (κ1) is 16.6. The number of aliphatic hydroxyl groups excluding tert-OH is 1. The van der Waals surface area contributed by atoms with Gasteiger partial charge in [0.2, 0.25) is 0 Å². The Hall–Kier alpha value is -2.61. The first-order valence-electron chi connectivity index (χ1n) is 8.70. The Bertz CT molecular complexity index is 1180. The van der Waals surface area contributed by atoms with Crippen LogP contribution in [-0.4, -0.2) is 33.4 Å². The maximum absolute atomic E-state index is 14.8. The van der Waals surface area contributed by atoms with Crippen LogP contribution in [-0.2, 0) is 0 Å². The summed E-state index contributed by atoms with van der Waals surface area (Å²) in [4.78, 5) is 16.3. The minimum Gasteiger partial charge on any atom is -0.392 e. The normalized spacial score (nSPS) is 19.9. The lowest BCUT2D eigenvalue weighted by molar-refractivity contribution is 0.112. The van der Waals surface area contributed by atoms with Crippen molar-refractivity contribution in [2.75, 3.05) is 6.54 Å². The van der Waals surface area contributed by atoms with E-state index in [1.807, 2.05) is 28.8 Å². The molecule has 7 heteroatoms. The molecule has 0 saturated carbocycles. The zero-order valence-electron chi connectivity index (χ0n) is 14.2. The zero-order valence-corrected chi connectivity index (χ0v) is 15.0. The summed E-state index contributed by atoms with van der Waals surface area (Å²) < 4.78 is 17.6. The number of β-amino-alcohol motifs (C(OH)–C–C–N with tert-alkyl or cyclic N) is 1. The molecular formula is C20H16FN3O2S. The molecular weight excluding hydrogens is 365 g/mol. The highest BCUT2D eigenvalue weighted by Crippen LogP contribution is 2.32. The lowest BCUT2D eigenvalue weighted by Crippen LogP contribution is -2.15. The number of benzene rings is 2. The molecule has 2 atom stereocenters. The molecule has 1 saturated heterocycles. The predicted molar refractivity (Wildman–Crippen MR) is 103 cm³/mol. The molecule has 1 fully saturated rings. The van der Waals surface area contributed by atoms with Crippen LogP contribution < -0.4 is 5.32 Å². The molecule has 4 aromatic rings. The van der Waals surface area contributed by atoms with Gasteiger partial charge in [-0.25, -0.2) is 9.37 Å². The quantitative estimate of drug-likeness (QED) is 0.533. The van der Waals surface area contributed by atoms with Gasteiger partial charge in [0, 0.05) is 29.9 Å². The molecule has 0 aliphatic carbocycles. The number of hydrogen-bond donors (Lipinski definition) is 2. The molecule has 0 amide bonds. The third-order valence-corrected chi connectivity index (χ3v) is 6.05. The Labute approximate surface area is 158 Å². The average Bonchev–Trinajstić information content (AvgIpc) is 3.35. The molecule has 1 aliphatic rings. The minimum atomic E-state index is -0.384. The van der Waals surface area contributed by atoms with E-state index in [4.69, 9.17) is 0 Å². The van der Waals surface area contributed by atoms with E-state index >= 15 is 0 Å². The largest absolute Gasteiger partial charge is 0.392 e. The summed E-state index contributed by atoms with van der Waals surface area (Å²) in [5.74, 6) is -0.325. The van der Waals surface area contributed by atoms with Crippen molar-refractivity contribution >= 4 is 32.8 Å². The summed E-state index contributed by atoms with van der Waals surface area (Å²) in [5.41, 5.74) is 3.43. The number of carbonyl (C=O) groups is 1. The van der Waals surface area contributed by atoms with Crippen LogP contribution >= 0.6 is 11.3 Å². The molecule has 5 nitrogen and oxygen atoms in total. The second kappa shape index (κ2) is 6.23. The van der Waals surface area contributed by atoms with E-state index in [9.17, 15) is 14.3 Å². The first-order valence-corrected chi connectivity index (χ1v) is 9.52. The van der Waals surface area contributed by atoms with Crippen LogP contribution in [0, 0.1) is 5.82 Å². The average molecular weight is 381 g/mol. The molecule has 0 spiro atoms. The Balaban J connectivity index is 1.54. The van der Waals surface area contributed by atoms with E-state index in [1.54, 1.807) is 12.1 Å². The van der Waals surface area contributed by atoms with Crippen molar-refractivity contribution in [3.05, 3.63) is 59.5 Å². The van der Waals surface area contributed by atoms with Crippen molar-refractivity contribution in [3.8, 4) is 11.3 Å². The van der Waals surface area contributed by atoms with E-state index in [2.05, 4.69) is 10.3 Å². The number of imidazole rings is 1. The summed E-state index contributed by atoms with van der Waals surface area (Å²) in [6, 6.07) is 10.6. The standard InChI is InChI=1S/C20H16FN3O2S/c21-15-6-12(16-7-13(26)8-22-16)2-3-14(15)17-9-24-18-4-1-11(10-25)5-19(18)27-20(24)23-17/h1-6,9-10,13,16,22,26H,7-8H2. The topological polar surface area (TPSA) is 66.6 Å². The highest BCUT2D eigenvalue weighted by atomic mass is 32.1. The maximum atomic E-state index is 14.8. The predicted octanol–water partition coefficient (Wildman–Crippen LogP) is 3.56. The van der Waals surface area contributed by atoms with Gasteiger partial charge in [0.15, 0.2) is 4.96 Å². The molecule has 0 radical (unpaired) electrons. The molecule has 27 heavy (non-hydrogen) atoms. The fourth-order valence-corrected chi connectivity index (χ4v) is 4.70. The molecule has 5 rings (SSSR count). The maximum Gasteiger partial charge on any atom is 0.195 e. The highest BCUT2D eigenvalue weighted by Gasteiger charge is 2.24. The van der Waals surface area contributed by atoms with E-state index in [0.717, 1.165) is 27.0 Å². The number of aldehydes is 1. The highest BCUT2D eigenvalue weighted by molar-refractivity contribution is 7.23. The van der Waals surface area contributed by atoms with E-state index in [1.165, 1.54) is 17.4 Å². The molecule has 2 aromatic heterocycles. The third kappa shape index (κ3) is 2.75. The van der Waals surface area contributed by atoms with Gasteiger partial charge in [-0.3, -0.25) is 9.20 Å². The number of halogens is 1. The van der Waals surface area contributed by atoms with Crippen molar-refractivity contribution in [1.82, 2.24) is 14.7 Å². The first-order chi connectivity index (χ1) is 13.1. The molecule has 2 aromatic carbocycles. The van der Waals surface area contributed by atoms with Gasteiger partial charge in [-0.2, -0.15) is 0 Å². The minimum absolute atomic E-state index is 0.0231. The van der Waals surface area contributed by atoms with Crippen LogP contribution in [0.1, 0.15) is 28.4 Å². The van der Waals surface area contributed by atoms with Crippen LogP contribution in [0.5, 0.6) is 0 Å². The summed E-state index contributed by atoms with van der Waals surface area (Å²) in [5, 5.41) is 12.8. The van der Waals surface area contributed by atoms with E-state index in [-0.39, 0.29) is 18.0 Å². The number of aromatic nitrogens is 2. The SMILES string of the molecule is O=Cc1ccc2c(c1)sc1nc(-c3ccc(C4CC(O)CN4)cc3F)cn12. The van der Waals surface area contributed by atoms with E-state index in [0.29, 0.717) is 29.8 Å². The molecule has 2 unspecified atom stereocenters. The molecule has 1 aliphatic heterocycles. The number of thiazole rings is 1. The van der Waals surface area contributed by atoms with Gasteiger partial charge in [0.1, 0.15) is 12.1 Å². The number of rotatable bonds is 3. The Morgan fingerprint density at radius 2 is 2.19 bits per heavy atom. The lowest BCUT2D eigenvalue weighted by Gasteiger charge is -2.11. The second-order valence-electron chi connectivity index (χ2n) is 6.82. The van der Waals surface area contributed by atoms with Gasteiger partial charge in [0.05, 0.1) is 22.0 Å². The van der Waals surface area contributed by atoms with Gasteiger partial charge in [-0.1, -0.05) is 17.4 Å². The lowest BCUT2D eigenvalue weighted by atomic mass is 10.0.